The third kappa shape index (κ3) is 4.40. The number of rotatable bonds is 3. The monoisotopic (exact) mass is 225 g/mol. The summed E-state index contributed by atoms with van der Waals surface area (Å²) in [5, 5.41) is 2.39. The molecule has 1 rings (SSSR count). The van der Waals surface area contributed by atoms with Crippen LogP contribution >= 0.6 is 0 Å². The largest absolute Gasteiger partial charge is 0.440 e. The summed E-state index contributed by atoms with van der Waals surface area (Å²) in [6.07, 6.45) is -2.31. The van der Waals surface area contributed by atoms with Gasteiger partial charge < -0.3 is 10.1 Å². The van der Waals surface area contributed by atoms with Crippen LogP contribution in [0.25, 0.3) is 0 Å². The maximum Gasteiger partial charge on any atom is 0.422 e. The second kappa shape index (κ2) is 4.72. The average Bonchev–Trinajstić information content (AvgIpc) is 1.95. The first kappa shape index (κ1) is 12.1. The summed E-state index contributed by atoms with van der Waals surface area (Å²) < 4.78 is 39.1. The zero-order valence-electron chi connectivity index (χ0n) is 8.43. The van der Waals surface area contributed by atoms with Crippen LogP contribution < -0.4 is 5.32 Å². The van der Waals surface area contributed by atoms with Gasteiger partial charge in [-0.3, -0.25) is 0 Å². The van der Waals surface area contributed by atoms with Gasteiger partial charge in [0.25, 0.3) is 0 Å². The Balaban J connectivity index is 2.17. The minimum Gasteiger partial charge on any atom is -0.440 e. The highest BCUT2D eigenvalue weighted by atomic mass is 19.4. The SMILES string of the molecule is CC(NC(=O)OCC(F)(F)F)C1CCC1. The minimum absolute atomic E-state index is 0.112. The normalized spacial score (nSPS) is 19.2. The van der Waals surface area contributed by atoms with Crippen LogP contribution in [0.15, 0.2) is 0 Å². The van der Waals surface area contributed by atoms with Gasteiger partial charge in [-0.05, 0) is 25.7 Å². The van der Waals surface area contributed by atoms with Crippen molar-refractivity contribution in [2.75, 3.05) is 6.61 Å². The first-order valence-electron chi connectivity index (χ1n) is 4.88. The maximum absolute atomic E-state index is 11.7. The molecule has 6 heteroatoms. The third-order valence-electron chi connectivity index (χ3n) is 2.57. The van der Waals surface area contributed by atoms with E-state index in [-0.39, 0.29) is 6.04 Å². The number of hydrogen-bond acceptors (Lipinski definition) is 2. The Morgan fingerprint density at radius 2 is 2.13 bits per heavy atom. The van der Waals surface area contributed by atoms with E-state index in [0.29, 0.717) is 5.92 Å². The Kier molecular flexibility index (Phi) is 3.82. The van der Waals surface area contributed by atoms with Crippen LogP contribution in [0.1, 0.15) is 26.2 Å². The van der Waals surface area contributed by atoms with Crippen LogP contribution in [0, 0.1) is 5.92 Å². The van der Waals surface area contributed by atoms with Crippen molar-refractivity contribution >= 4 is 6.09 Å². The van der Waals surface area contributed by atoms with Gasteiger partial charge >= 0.3 is 12.3 Å². The molecule has 0 aromatic heterocycles. The predicted molar refractivity (Wildman–Crippen MR) is 47.3 cm³/mol. The summed E-state index contributed by atoms with van der Waals surface area (Å²) in [5.74, 6) is 0.378. The lowest BCUT2D eigenvalue weighted by Crippen LogP contribution is -2.41. The lowest BCUT2D eigenvalue weighted by molar-refractivity contribution is -0.160. The molecule has 1 atom stereocenters. The second-order valence-corrected chi connectivity index (χ2v) is 3.82. The number of alkyl carbamates (subject to hydrolysis) is 1. The van der Waals surface area contributed by atoms with Crippen molar-refractivity contribution in [1.82, 2.24) is 5.32 Å². The smallest absolute Gasteiger partial charge is 0.422 e. The first-order valence-corrected chi connectivity index (χ1v) is 4.88. The van der Waals surface area contributed by atoms with Gasteiger partial charge in [-0.2, -0.15) is 13.2 Å². The zero-order chi connectivity index (χ0) is 11.5. The zero-order valence-corrected chi connectivity index (χ0v) is 8.43. The van der Waals surface area contributed by atoms with E-state index in [1.807, 2.05) is 0 Å². The van der Waals surface area contributed by atoms with Crippen LogP contribution in [0.2, 0.25) is 0 Å². The summed E-state index contributed by atoms with van der Waals surface area (Å²) in [6.45, 7) is 0.245. The number of carbonyl (C=O) groups excluding carboxylic acids is 1. The van der Waals surface area contributed by atoms with Gasteiger partial charge in [0.15, 0.2) is 6.61 Å². The van der Waals surface area contributed by atoms with Crippen LogP contribution in [-0.4, -0.2) is 24.9 Å². The molecule has 1 aliphatic rings. The number of hydrogen-bond donors (Lipinski definition) is 1. The van der Waals surface area contributed by atoms with E-state index >= 15 is 0 Å². The molecule has 15 heavy (non-hydrogen) atoms. The molecule has 3 nitrogen and oxygen atoms in total. The first-order chi connectivity index (χ1) is 6.88. The average molecular weight is 225 g/mol. The molecule has 0 bridgehead atoms. The van der Waals surface area contributed by atoms with Gasteiger partial charge in [-0.1, -0.05) is 6.42 Å². The lowest BCUT2D eigenvalue weighted by Gasteiger charge is -2.31. The molecule has 1 fully saturated rings. The van der Waals surface area contributed by atoms with Crippen LogP contribution in [0.3, 0.4) is 0 Å². The van der Waals surface area contributed by atoms with Gasteiger partial charge in [0, 0.05) is 6.04 Å². The third-order valence-corrected chi connectivity index (χ3v) is 2.57. The summed E-state index contributed by atoms with van der Waals surface area (Å²) in [5.41, 5.74) is 0. The fraction of sp³-hybridized carbons (Fsp3) is 0.889. The highest BCUT2D eigenvalue weighted by Gasteiger charge is 2.31. The van der Waals surface area contributed by atoms with Crippen molar-refractivity contribution < 1.29 is 22.7 Å². The fourth-order valence-corrected chi connectivity index (χ4v) is 1.43. The van der Waals surface area contributed by atoms with E-state index in [1.54, 1.807) is 6.92 Å². The number of amides is 1. The van der Waals surface area contributed by atoms with Crippen molar-refractivity contribution in [1.29, 1.82) is 0 Å². The number of alkyl halides is 3. The molecule has 1 unspecified atom stereocenters. The summed E-state index contributed by atoms with van der Waals surface area (Å²) in [6, 6.07) is -0.112. The van der Waals surface area contributed by atoms with Gasteiger partial charge in [-0.15, -0.1) is 0 Å². The van der Waals surface area contributed by atoms with Crippen LogP contribution in [-0.2, 0) is 4.74 Å². The van der Waals surface area contributed by atoms with E-state index in [4.69, 9.17) is 0 Å². The number of nitrogens with one attached hydrogen (secondary N) is 1. The Labute approximate surface area is 86.0 Å². The van der Waals surface area contributed by atoms with E-state index in [9.17, 15) is 18.0 Å². The Morgan fingerprint density at radius 1 is 1.53 bits per heavy atom. The highest BCUT2D eigenvalue weighted by molar-refractivity contribution is 5.67. The molecule has 0 aromatic rings. The molecule has 0 radical (unpaired) electrons. The maximum atomic E-state index is 11.7. The number of carbonyl (C=O) groups is 1. The van der Waals surface area contributed by atoms with E-state index in [1.165, 1.54) is 0 Å². The second-order valence-electron chi connectivity index (χ2n) is 3.82. The van der Waals surface area contributed by atoms with Crippen molar-refractivity contribution in [2.24, 2.45) is 5.92 Å². The molecule has 0 saturated heterocycles. The van der Waals surface area contributed by atoms with Gasteiger partial charge in [0.05, 0.1) is 0 Å². The standard InChI is InChI=1S/C9H14F3NO2/c1-6(7-3-2-4-7)13-8(14)15-5-9(10,11)12/h6-7H,2-5H2,1H3,(H,13,14). The van der Waals surface area contributed by atoms with Crippen molar-refractivity contribution in [3.05, 3.63) is 0 Å². The van der Waals surface area contributed by atoms with E-state index in [2.05, 4.69) is 10.1 Å². The van der Waals surface area contributed by atoms with Crippen molar-refractivity contribution in [3.8, 4) is 0 Å². The van der Waals surface area contributed by atoms with Gasteiger partial charge in [0.2, 0.25) is 0 Å². The molecule has 0 aliphatic heterocycles. The van der Waals surface area contributed by atoms with Crippen molar-refractivity contribution in [3.63, 3.8) is 0 Å². The Morgan fingerprint density at radius 3 is 2.53 bits per heavy atom. The number of halogens is 3. The topological polar surface area (TPSA) is 38.3 Å². The fourth-order valence-electron chi connectivity index (χ4n) is 1.43. The van der Waals surface area contributed by atoms with Crippen molar-refractivity contribution in [2.45, 2.75) is 38.4 Å². The van der Waals surface area contributed by atoms with E-state index in [0.717, 1.165) is 19.3 Å². The van der Waals surface area contributed by atoms with E-state index < -0.39 is 18.9 Å². The van der Waals surface area contributed by atoms with Crippen LogP contribution in [0.5, 0.6) is 0 Å². The Bertz CT molecular complexity index is 226. The molecule has 88 valence electrons. The molecule has 1 N–H and O–H groups in total. The molecular formula is C9H14F3NO2. The summed E-state index contributed by atoms with van der Waals surface area (Å²) in [7, 11) is 0. The predicted octanol–water partition coefficient (Wildman–Crippen LogP) is 2.46. The lowest BCUT2D eigenvalue weighted by atomic mass is 9.80. The van der Waals surface area contributed by atoms with Gasteiger partial charge in [-0.25, -0.2) is 4.79 Å². The molecule has 0 aromatic carbocycles. The molecule has 0 spiro atoms. The summed E-state index contributed by atoms with van der Waals surface area (Å²) in [4.78, 5) is 10.9. The molecule has 0 heterocycles. The molecule has 1 amide bonds. The highest BCUT2D eigenvalue weighted by Crippen LogP contribution is 2.29. The molecule has 1 aliphatic carbocycles. The number of ether oxygens (including phenoxy) is 1. The molecular weight excluding hydrogens is 211 g/mol. The van der Waals surface area contributed by atoms with Gasteiger partial charge in [0.1, 0.15) is 0 Å². The Hall–Kier alpha value is -0.940. The quantitative estimate of drug-likeness (QED) is 0.801. The summed E-state index contributed by atoms with van der Waals surface area (Å²) >= 11 is 0. The van der Waals surface area contributed by atoms with Crippen LogP contribution in [0.4, 0.5) is 18.0 Å². The molecule has 1 saturated carbocycles. The minimum atomic E-state index is -4.46.